The summed E-state index contributed by atoms with van der Waals surface area (Å²) in [5, 5.41) is 25.4. The fourth-order valence-electron chi connectivity index (χ4n) is 3.00. The highest BCUT2D eigenvalue weighted by atomic mass is 16.4. The summed E-state index contributed by atoms with van der Waals surface area (Å²) >= 11 is 0. The molecule has 4 amide bonds. The molecule has 0 aliphatic heterocycles. The molecular weight excluding hydrogens is 476 g/mol. The lowest BCUT2D eigenvalue weighted by molar-refractivity contribution is -0.138. The molecule has 0 saturated carbocycles. The van der Waals surface area contributed by atoms with Crippen molar-refractivity contribution in [3.8, 4) is 5.75 Å². The summed E-state index contributed by atoms with van der Waals surface area (Å²) in [5.41, 5.74) is 21.8. The van der Waals surface area contributed by atoms with E-state index in [-0.39, 0.29) is 37.5 Å². The second-order valence-electron chi connectivity index (χ2n) is 7.83. The van der Waals surface area contributed by atoms with Crippen LogP contribution in [0.2, 0.25) is 0 Å². The van der Waals surface area contributed by atoms with E-state index < -0.39 is 60.7 Å². The van der Waals surface area contributed by atoms with Gasteiger partial charge in [-0.15, -0.1) is 0 Å². The lowest BCUT2D eigenvalue weighted by Gasteiger charge is -2.24. The number of carbonyl (C=O) groups is 5. The number of rotatable bonds is 15. The van der Waals surface area contributed by atoms with Gasteiger partial charge in [-0.2, -0.15) is 0 Å². The van der Waals surface area contributed by atoms with Crippen molar-refractivity contribution < 1.29 is 34.2 Å². The Balaban J connectivity index is 3.06. The van der Waals surface area contributed by atoms with E-state index in [1.54, 1.807) is 0 Å². The molecule has 0 spiro atoms. The fourth-order valence-corrected chi connectivity index (χ4v) is 3.00. The molecule has 0 saturated heterocycles. The minimum atomic E-state index is -1.30. The molecule has 15 heteroatoms. The second-order valence-corrected chi connectivity index (χ2v) is 7.83. The standard InChI is InChI=1S/C21H32N8O7/c22-13(9-16(23)31)18(34)28-14(2-1-7-26-21(24)25)20(36)29-15(19(35)27-10-17(32)33)8-11-3-5-12(30)6-4-11/h3-6,13-15,30H,1-2,7-10,22H2,(H2,23,31)(H,27,35)(H,28,34)(H,29,36)(H,32,33)(H4,24,25,26). The second kappa shape index (κ2) is 14.8. The van der Waals surface area contributed by atoms with Crippen molar-refractivity contribution in [2.75, 3.05) is 13.1 Å². The number of aliphatic imine (C=N–C) groups is 1. The monoisotopic (exact) mass is 508 g/mol. The number of carbonyl (C=O) groups excluding carboxylic acids is 4. The smallest absolute Gasteiger partial charge is 0.322 e. The lowest BCUT2D eigenvalue weighted by Crippen LogP contribution is -2.56. The van der Waals surface area contributed by atoms with Crippen molar-refractivity contribution in [1.82, 2.24) is 16.0 Å². The molecule has 0 aliphatic rings. The summed E-state index contributed by atoms with van der Waals surface area (Å²) in [6.07, 6.45) is -0.196. The molecule has 1 rings (SSSR count). The molecule has 0 fully saturated rings. The molecule has 13 N–H and O–H groups in total. The van der Waals surface area contributed by atoms with Crippen LogP contribution >= 0.6 is 0 Å². The zero-order valence-electron chi connectivity index (χ0n) is 19.5. The highest BCUT2D eigenvalue weighted by molar-refractivity contribution is 5.94. The van der Waals surface area contributed by atoms with Crippen LogP contribution < -0.4 is 38.9 Å². The maximum absolute atomic E-state index is 13.1. The third kappa shape index (κ3) is 11.6. The number of phenols is 1. The number of aromatic hydroxyl groups is 1. The number of carboxylic acids is 1. The van der Waals surface area contributed by atoms with Crippen LogP contribution in [0.4, 0.5) is 0 Å². The molecule has 0 heterocycles. The van der Waals surface area contributed by atoms with E-state index in [1.165, 1.54) is 24.3 Å². The average Bonchev–Trinajstić information content (AvgIpc) is 2.79. The topological polar surface area (TPSA) is 278 Å². The SMILES string of the molecule is NC(=O)CC(N)C(=O)NC(CCCN=C(N)N)C(=O)NC(Cc1ccc(O)cc1)C(=O)NCC(=O)O. The van der Waals surface area contributed by atoms with Crippen molar-refractivity contribution in [1.29, 1.82) is 0 Å². The number of carboxylic acid groups (broad SMARTS) is 1. The fraction of sp³-hybridized carbons (Fsp3) is 0.429. The maximum atomic E-state index is 13.1. The molecule has 198 valence electrons. The van der Waals surface area contributed by atoms with E-state index in [9.17, 15) is 29.1 Å². The van der Waals surface area contributed by atoms with E-state index in [1.807, 2.05) is 0 Å². The first kappa shape index (κ1) is 29.6. The van der Waals surface area contributed by atoms with Crippen LogP contribution in [-0.4, -0.2) is 77.0 Å². The van der Waals surface area contributed by atoms with Gasteiger partial charge >= 0.3 is 5.97 Å². The van der Waals surface area contributed by atoms with Crippen LogP contribution in [0.25, 0.3) is 0 Å². The minimum absolute atomic E-state index is 0.00878. The summed E-state index contributed by atoms with van der Waals surface area (Å²) in [7, 11) is 0. The van der Waals surface area contributed by atoms with Crippen molar-refractivity contribution in [2.24, 2.45) is 27.9 Å². The number of nitrogens with one attached hydrogen (secondary N) is 3. The van der Waals surface area contributed by atoms with Gasteiger partial charge in [0.2, 0.25) is 23.6 Å². The molecule has 15 nitrogen and oxygen atoms in total. The van der Waals surface area contributed by atoms with Gasteiger partial charge in [-0.25, -0.2) is 0 Å². The summed E-state index contributed by atoms with van der Waals surface area (Å²) in [6.45, 7) is -0.535. The first-order chi connectivity index (χ1) is 16.9. The summed E-state index contributed by atoms with van der Waals surface area (Å²) in [6, 6.07) is 2.10. The van der Waals surface area contributed by atoms with Gasteiger partial charge in [-0.05, 0) is 30.5 Å². The molecule has 0 aromatic heterocycles. The average molecular weight is 509 g/mol. The number of nitrogens with zero attached hydrogens (tertiary/aromatic N) is 1. The molecule has 0 aliphatic carbocycles. The predicted octanol–water partition coefficient (Wildman–Crippen LogP) is -3.64. The third-order valence-corrected chi connectivity index (χ3v) is 4.76. The zero-order valence-corrected chi connectivity index (χ0v) is 19.5. The molecule has 36 heavy (non-hydrogen) atoms. The van der Waals surface area contributed by atoms with Gasteiger partial charge in [0.1, 0.15) is 24.4 Å². The number of hydrogen-bond acceptors (Lipinski definition) is 8. The van der Waals surface area contributed by atoms with Crippen LogP contribution in [0.5, 0.6) is 5.75 Å². The molecule has 0 radical (unpaired) electrons. The summed E-state index contributed by atoms with van der Waals surface area (Å²) < 4.78 is 0. The van der Waals surface area contributed by atoms with Crippen molar-refractivity contribution in [2.45, 2.75) is 43.8 Å². The number of primary amides is 1. The largest absolute Gasteiger partial charge is 0.508 e. The number of hydrogen-bond donors (Lipinski definition) is 9. The normalized spacial score (nSPS) is 12.9. The van der Waals surface area contributed by atoms with Crippen molar-refractivity contribution in [3.63, 3.8) is 0 Å². The Morgan fingerprint density at radius 2 is 1.53 bits per heavy atom. The van der Waals surface area contributed by atoms with Crippen LogP contribution in [0.3, 0.4) is 0 Å². The van der Waals surface area contributed by atoms with E-state index >= 15 is 0 Å². The molecule has 0 bridgehead atoms. The molecule has 1 aromatic rings. The number of aliphatic carboxylic acids is 1. The Morgan fingerprint density at radius 1 is 0.917 bits per heavy atom. The number of amides is 4. The summed E-state index contributed by atoms with van der Waals surface area (Å²) in [4.78, 5) is 63.8. The van der Waals surface area contributed by atoms with Gasteiger partial charge in [0.05, 0.1) is 12.5 Å². The van der Waals surface area contributed by atoms with Crippen LogP contribution in [0.15, 0.2) is 29.3 Å². The predicted molar refractivity (Wildman–Crippen MR) is 128 cm³/mol. The number of phenolic OH excluding ortho intramolecular Hbond substituents is 1. The van der Waals surface area contributed by atoms with E-state index in [0.717, 1.165) is 0 Å². The van der Waals surface area contributed by atoms with E-state index in [2.05, 4.69) is 20.9 Å². The van der Waals surface area contributed by atoms with Crippen molar-refractivity contribution in [3.05, 3.63) is 29.8 Å². The molecular formula is C21H32N8O7. The van der Waals surface area contributed by atoms with Gasteiger partial charge in [-0.3, -0.25) is 29.0 Å². The highest BCUT2D eigenvalue weighted by Crippen LogP contribution is 2.12. The van der Waals surface area contributed by atoms with Crippen LogP contribution in [0, 0.1) is 0 Å². The Hall–Kier alpha value is -4.40. The number of benzene rings is 1. The zero-order chi connectivity index (χ0) is 27.3. The first-order valence-corrected chi connectivity index (χ1v) is 10.9. The Bertz CT molecular complexity index is 964. The summed E-state index contributed by atoms with van der Waals surface area (Å²) in [5.74, 6) is -4.63. The van der Waals surface area contributed by atoms with Crippen LogP contribution in [-0.2, 0) is 30.4 Å². The highest BCUT2D eigenvalue weighted by Gasteiger charge is 2.28. The first-order valence-electron chi connectivity index (χ1n) is 10.9. The Labute approximate surface area is 206 Å². The van der Waals surface area contributed by atoms with Gasteiger partial charge in [-0.1, -0.05) is 12.1 Å². The van der Waals surface area contributed by atoms with E-state index in [4.69, 9.17) is 28.0 Å². The number of guanidine groups is 1. The van der Waals surface area contributed by atoms with Gasteiger partial charge in [0.15, 0.2) is 5.96 Å². The Kier molecular flexibility index (Phi) is 12.2. The molecule has 3 atom stereocenters. The minimum Gasteiger partial charge on any atom is -0.508 e. The third-order valence-electron chi connectivity index (χ3n) is 4.76. The lowest BCUT2D eigenvalue weighted by atomic mass is 10.0. The Morgan fingerprint density at radius 3 is 2.08 bits per heavy atom. The van der Waals surface area contributed by atoms with Crippen molar-refractivity contribution >= 4 is 35.6 Å². The van der Waals surface area contributed by atoms with Crippen LogP contribution in [0.1, 0.15) is 24.8 Å². The van der Waals surface area contributed by atoms with Gasteiger partial charge in [0, 0.05) is 13.0 Å². The maximum Gasteiger partial charge on any atom is 0.322 e. The quantitative estimate of drug-likeness (QED) is 0.0636. The molecule has 1 aromatic carbocycles. The number of nitrogens with two attached hydrogens (primary N) is 4. The van der Waals surface area contributed by atoms with E-state index in [0.29, 0.717) is 5.56 Å². The van der Waals surface area contributed by atoms with Gasteiger partial charge in [0.25, 0.3) is 0 Å². The van der Waals surface area contributed by atoms with Gasteiger partial charge < -0.3 is 49.1 Å². The molecule has 3 unspecified atom stereocenters.